The number of fused-ring (bicyclic) bond motifs is 15. The molecule has 0 saturated carbocycles. The van der Waals surface area contributed by atoms with E-state index in [0.29, 0.717) is 0 Å². The van der Waals surface area contributed by atoms with Gasteiger partial charge in [0, 0.05) is 38.2 Å². The van der Waals surface area contributed by atoms with Crippen LogP contribution in [-0.2, 0) is 0 Å². The van der Waals surface area contributed by atoms with Gasteiger partial charge in [-0.25, -0.2) is 4.98 Å². The van der Waals surface area contributed by atoms with Gasteiger partial charge in [-0.1, -0.05) is 140 Å². The number of thioether (sulfide) groups is 1. The standard InChI is InChI=1S/C60H39N3S/c1-60-31-29-40(38-14-12-13-37(33-38)39-25-27-46-44-17-3-2-15-42(44)43-16-4-5-18-45(43)51(46)34-39)35-53(60)50-30-32-61-59(58(50)64-60)63-56-24-11-8-21-49(56)52-36-41(26-28-57(52)63)62-54-22-9-6-19-47(54)48-20-7-10-23-55(48)62/h2-30,32-36H,31H2,1H3. The maximum absolute atomic E-state index is 5.21. The summed E-state index contributed by atoms with van der Waals surface area (Å²) in [4.78, 5) is 6.45. The van der Waals surface area contributed by atoms with E-state index in [1.807, 2.05) is 18.0 Å². The Kier molecular flexibility index (Phi) is 7.53. The van der Waals surface area contributed by atoms with Crippen molar-refractivity contribution in [2.24, 2.45) is 0 Å². The summed E-state index contributed by atoms with van der Waals surface area (Å²) in [6.45, 7) is 2.41. The largest absolute Gasteiger partial charge is 0.309 e. The Morgan fingerprint density at radius 3 is 1.69 bits per heavy atom. The normalized spacial score (nSPS) is 16.0. The fourth-order valence-electron chi connectivity index (χ4n) is 11.1. The number of benzene rings is 9. The third kappa shape index (κ3) is 5.09. The lowest BCUT2D eigenvalue weighted by Crippen LogP contribution is -2.19. The predicted octanol–water partition coefficient (Wildman–Crippen LogP) is 16.1. The molecule has 12 aromatic rings. The van der Waals surface area contributed by atoms with Crippen molar-refractivity contribution < 1.29 is 0 Å². The molecule has 4 heterocycles. The van der Waals surface area contributed by atoms with Crippen LogP contribution in [-0.4, -0.2) is 18.9 Å². The first kappa shape index (κ1) is 35.9. The summed E-state index contributed by atoms with van der Waals surface area (Å²) in [5, 5.41) is 12.8. The zero-order chi connectivity index (χ0) is 42.1. The molecule has 0 amide bonds. The van der Waals surface area contributed by atoms with E-state index >= 15 is 0 Å². The summed E-state index contributed by atoms with van der Waals surface area (Å²) in [7, 11) is 0. The van der Waals surface area contributed by atoms with E-state index in [1.165, 1.54) is 103 Å². The second kappa shape index (κ2) is 13.4. The summed E-state index contributed by atoms with van der Waals surface area (Å²) in [5.41, 5.74) is 13.5. The monoisotopic (exact) mass is 833 g/mol. The lowest BCUT2D eigenvalue weighted by molar-refractivity contribution is 0.831. The number of allylic oxidation sites excluding steroid dienone is 3. The van der Waals surface area contributed by atoms with Crippen molar-refractivity contribution in [3.63, 3.8) is 0 Å². The van der Waals surface area contributed by atoms with Gasteiger partial charge in [-0.3, -0.25) is 4.57 Å². The van der Waals surface area contributed by atoms with Gasteiger partial charge in [0.05, 0.1) is 27.0 Å². The van der Waals surface area contributed by atoms with Gasteiger partial charge in [0.15, 0.2) is 5.82 Å². The van der Waals surface area contributed by atoms with E-state index in [0.717, 1.165) is 29.0 Å². The molecule has 1 atom stereocenters. The molecule has 14 rings (SSSR count). The molecule has 3 aromatic heterocycles. The summed E-state index contributed by atoms with van der Waals surface area (Å²) in [6.07, 6.45) is 7.85. The lowest BCUT2D eigenvalue weighted by Gasteiger charge is -2.28. The van der Waals surface area contributed by atoms with Crippen LogP contribution in [0.3, 0.4) is 0 Å². The van der Waals surface area contributed by atoms with Gasteiger partial charge >= 0.3 is 0 Å². The highest BCUT2D eigenvalue weighted by Gasteiger charge is 2.42. The summed E-state index contributed by atoms with van der Waals surface area (Å²) < 4.78 is 4.71. The number of para-hydroxylation sites is 3. The molecule has 300 valence electrons. The zero-order valence-electron chi connectivity index (χ0n) is 35.1. The molecule has 1 aliphatic carbocycles. The number of rotatable bonds is 4. The minimum absolute atomic E-state index is 0.105. The third-order valence-electron chi connectivity index (χ3n) is 14.1. The molecular weight excluding hydrogens is 795 g/mol. The van der Waals surface area contributed by atoms with Gasteiger partial charge in [-0.15, -0.1) is 11.8 Å². The Morgan fingerprint density at radius 2 is 1.00 bits per heavy atom. The van der Waals surface area contributed by atoms with Crippen LogP contribution >= 0.6 is 11.8 Å². The Hall–Kier alpha value is -7.66. The van der Waals surface area contributed by atoms with Gasteiger partial charge in [0.25, 0.3) is 0 Å². The van der Waals surface area contributed by atoms with Crippen LogP contribution in [0.15, 0.2) is 211 Å². The van der Waals surface area contributed by atoms with Gasteiger partial charge in [-0.05, 0) is 140 Å². The Balaban J connectivity index is 0.870. The number of hydrogen-bond donors (Lipinski definition) is 0. The molecule has 0 radical (unpaired) electrons. The molecule has 1 aliphatic heterocycles. The van der Waals surface area contributed by atoms with Crippen molar-refractivity contribution >= 4 is 98.8 Å². The van der Waals surface area contributed by atoms with Gasteiger partial charge < -0.3 is 4.57 Å². The Morgan fingerprint density at radius 1 is 0.453 bits per heavy atom. The number of pyridine rings is 1. The number of nitrogens with zero attached hydrogens (tertiary/aromatic N) is 3. The van der Waals surface area contributed by atoms with E-state index in [2.05, 4.69) is 216 Å². The number of aromatic nitrogens is 3. The molecule has 3 nitrogen and oxygen atoms in total. The van der Waals surface area contributed by atoms with Crippen molar-refractivity contribution in [3.8, 4) is 22.6 Å². The lowest BCUT2D eigenvalue weighted by atomic mass is 9.83. The average molecular weight is 834 g/mol. The maximum Gasteiger partial charge on any atom is 0.151 e. The van der Waals surface area contributed by atoms with Crippen LogP contribution in [0.2, 0.25) is 0 Å². The second-order valence-corrected chi connectivity index (χ2v) is 19.1. The van der Waals surface area contributed by atoms with Crippen LogP contribution < -0.4 is 0 Å². The highest BCUT2D eigenvalue weighted by molar-refractivity contribution is 8.01. The van der Waals surface area contributed by atoms with Crippen molar-refractivity contribution in [1.82, 2.24) is 14.1 Å². The molecule has 0 fully saturated rings. The topological polar surface area (TPSA) is 22.8 Å². The van der Waals surface area contributed by atoms with Crippen molar-refractivity contribution in [1.29, 1.82) is 0 Å². The molecular formula is C60H39N3S. The van der Waals surface area contributed by atoms with Crippen molar-refractivity contribution in [2.75, 3.05) is 0 Å². The molecule has 0 spiro atoms. The van der Waals surface area contributed by atoms with Gasteiger partial charge in [0.1, 0.15) is 0 Å². The maximum atomic E-state index is 5.21. The van der Waals surface area contributed by atoms with Crippen LogP contribution in [0.25, 0.3) is 110 Å². The fraction of sp³-hybridized carbons (Fsp3) is 0.0500. The molecule has 64 heavy (non-hydrogen) atoms. The first-order chi connectivity index (χ1) is 31.6. The van der Waals surface area contributed by atoms with E-state index in [-0.39, 0.29) is 4.75 Å². The second-order valence-electron chi connectivity index (χ2n) is 17.6. The molecule has 0 saturated heterocycles. The quantitative estimate of drug-likeness (QED) is 0.165. The van der Waals surface area contributed by atoms with Crippen LogP contribution in [0.5, 0.6) is 0 Å². The minimum Gasteiger partial charge on any atom is -0.309 e. The first-order valence-corrected chi connectivity index (χ1v) is 23.0. The Bertz CT molecular complexity index is 3960. The zero-order valence-corrected chi connectivity index (χ0v) is 35.9. The molecule has 0 bridgehead atoms. The molecule has 4 heteroatoms. The highest BCUT2D eigenvalue weighted by Crippen LogP contribution is 2.59. The predicted molar refractivity (Wildman–Crippen MR) is 272 cm³/mol. The minimum atomic E-state index is -0.105. The average Bonchev–Trinajstić information content (AvgIpc) is 3.98. The van der Waals surface area contributed by atoms with Gasteiger partial charge in [0.2, 0.25) is 0 Å². The van der Waals surface area contributed by atoms with Crippen LogP contribution in [0.1, 0.15) is 24.5 Å². The fourth-order valence-corrected chi connectivity index (χ4v) is 12.5. The molecule has 1 unspecified atom stereocenters. The van der Waals surface area contributed by atoms with Crippen LogP contribution in [0, 0.1) is 0 Å². The molecule has 0 N–H and O–H groups in total. The first-order valence-electron chi connectivity index (χ1n) is 22.2. The summed E-state index contributed by atoms with van der Waals surface area (Å²) >= 11 is 1.97. The van der Waals surface area contributed by atoms with E-state index in [9.17, 15) is 0 Å². The SMILES string of the molecule is CC12CC=C(c3cccc(-c4ccc5c6ccccc6c6ccccc6c5c4)c3)C=C1c1ccnc(-n3c4ccccc4c4cc(-n5c6ccccc6c6ccccc65)ccc43)c1S2. The van der Waals surface area contributed by atoms with Gasteiger partial charge in [-0.2, -0.15) is 0 Å². The highest BCUT2D eigenvalue weighted by atomic mass is 32.2. The van der Waals surface area contributed by atoms with Crippen molar-refractivity contribution in [3.05, 3.63) is 218 Å². The van der Waals surface area contributed by atoms with Crippen LogP contribution in [0.4, 0.5) is 0 Å². The number of hydrogen-bond acceptors (Lipinski definition) is 2. The van der Waals surface area contributed by atoms with E-state index in [1.54, 1.807) is 0 Å². The summed E-state index contributed by atoms with van der Waals surface area (Å²) in [5.74, 6) is 0.995. The van der Waals surface area contributed by atoms with Crippen molar-refractivity contribution in [2.45, 2.75) is 23.0 Å². The Labute approximate surface area is 374 Å². The van der Waals surface area contributed by atoms with E-state index in [4.69, 9.17) is 4.98 Å². The van der Waals surface area contributed by atoms with E-state index < -0.39 is 0 Å². The molecule has 2 aliphatic rings. The summed E-state index contributed by atoms with van der Waals surface area (Å²) in [6, 6.07) is 69.2. The molecule has 9 aromatic carbocycles. The third-order valence-corrected chi connectivity index (χ3v) is 15.5. The smallest absolute Gasteiger partial charge is 0.151 e.